The van der Waals surface area contributed by atoms with E-state index < -0.39 is 0 Å². The molecule has 1 amide bonds. The minimum atomic E-state index is -0.0914. The summed E-state index contributed by atoms with van der Waals surface area (Å²) in [5.74, 6) is 1.03. The average molecular weight is 339 g/mol. The Labute approximate surface area is 139 Å². The second kappa shape index (κ2) is 7.15. The number of anilines is 1. The van der Waals surface area contributed by atoms with Crippen LogP contribution in [0.5, 0.6) is 0 Å². The van der Waals surface area contributed by atoms with Gasteiger partial charge in [0.2, 0.25) is 5.91 Å². The molecule has 1 heterocycles. The van der Waals surface area contributed by atoms with E-state index >= 15 is 0 Å². The molecule has 0 aliphatic carbocycles. The van der Waals surface area contributed by atoms with Crippen molar-refractivity contribution in [3.8, 4) is 0 Å². The van der Waals surface area contributed by atoms with E-state index in [1.54, 1.807) is 12.1 Å². The van der Waals surface area contributed by atoms with Gasteiger partial charge in [-0.1, -0.05) is 29.4 Å². The summed E-state index contributed by atoms with van der Waals surface area (Å²) in [6.07, 6.45) is 0. The molecular weight excluding hydrogens is 320 g/mol. The quantitative estimate of drug-likeness (QED) is 0.841. The first-order valence-electron chi connectivity index (χ1n) is 6.98. The number of thioether (sulfide) groups is 1. The van der Waals surface area contributed by atoms with Gasteiger partial charge in [0.25, 0.3) is 0 Å². The summed E-state index contributed by atoms with van der Waals surface area (Å²) in [6.45, 7) is 7.97. The molecule has 0 atom stereocenters. The molecule has 1 aromatic carbocycles. The summed E-state index contributed by atoms with van der Waals surface area (Å²) in [6, 6.07) is 5.69. The standard InChI is InChI=1S/C15H19ClN4OS/c1-9(2)20-11(4)18-19-15(20)22-8-14(21)17-13-7-12(16)6-5-10(13)3/h5-7,9H,8H2,1-4H3,(H,17,21). The van der Waals surface area contributed by atoms with Crippen LogP contribution in [-0.4, -0.2) is 26.4 Å². The summed E-state index contributed by atoms with van der Waals surface area (Å²) < 4.78 is 2.02. The molecule has 0 unspecified atom stereocenters. The van der Waals surface area contributed by atoms with E-state index in [0.29, 0.717) is 5.02 Å². The zero-order valence-corrected chi connectivity index (χ0v) is 14.6. The zero-order valence-electron chi connectivity index (χ0n) is 13.1. The Balaban J connectivity index is 2.00. The van der Waals surface area contributed by atoms with Crippen LogP contribution >= 0.6 is 23.4 Å². The second-order valence-corrected chi connectivity index (χ2v) is 6.67. The Bertz CT molecular complexity index is 684. The maximum Gasteiger partial charge on any atom is 0.234 e. The van der Waals surface area contributed by atoms with Gasteiger partial charge in [-0.3, -0.25) is 4.79 Å². The van der Waals surface area contributed by atoms with Gasteiger partial charge >= 0.3 is 0 Å². The van der Waals surface area contributed by atoms with Crippen molar-refractivity contribution in [3.05, 3.63) is 34.6 Å². The van der Waals surface area contributed by atoms with Gasteiger partial charge in [0.05, 0.1) is 5.75 Å². The van der Waals surface area contributed by atoms with Crippen LogP contribution < -0.4 is 5.32 Å². The smallest absolute Gasteiger partial charge is 0.234 e. The van der Waals surface area contributed by atoms with Crippen molar-refractivity contribution in [2.45, 2.75) is 38.9 Å². The predicted octanol–water partition coefficient (Wildman–Crippen LogP) is 3.86. The van der Waals surface area contributed by atoms with Crippen LogP contribution in [0.2, 0.25) is 5.02 Å². The van der Waals surface area contributed by atoms with E-state index in [-0.39, 0.29) is 17.7 Å². The monoisotopic (exact) mass is 338 g/mol. The van der Waals surface area contributed by atoms with Crippen LogP contribution in [-0.2, 0) is 4.79 Å². The van der Waals surface area contributed by atoms with E-state index in [1.165, 1.54) is 11.8 Å². The first-order valence-corrected chi connectivity index (χ1v) is 8.35. The summed E-state index contributed by atoms with van der Waals surface area (Å²) in [7, 11) is 0. The molecule has 5 nitrogen and oxygen atoms in total. The maximum absolute atomic E-state index is 12.1. The van der Waals surface area contributed by atoms with Crippen molar-refractivity contribution in [3.63, 3.8) is 0 Å². The Kier molecular flexibility index (Phi) is 5.47. The lowest BCUT2D eigenvalue weighted by molar-refractivity contribution is -0.113. The van der Waals surface area contributed by atoms with Crippen molar-refractivity contribution in [2.24, 2.45) is 0 Å². The molecule has 2 aromatic rings. The normalized spacial score (nSPS) is 11.0. The number of carbonyl (C=O) groups is 1. The van der Waals surface area contributed by atoms with E-state index in [2.05, 4.69) is 29.4 Å². The highest BCUT2D eigenvalue weighted by Crippen LogP contribution is 2.23. The summed E-state index contributed by atoms with van der Waals surface area (Å²) in [5.41, 5.74) is 1.71. The molecule has 0 fully saturated rings. The van der Waals surface area contributed by atoms with Crippen LogP contribution in [0, 0.1) is 13.8 Å². The lowest BCUT2D eigenvalue weighted by Gasteiger charge is -2.12. The molecule has 0 aliphatic heterocycles. The largest absolute Gasteiger partial charge is 0.325 e. The van der Waals surface area contributed by atoms with Crippen molar-refractivity contribution in [2.75, 3.05) is 11.1 Å². The van der Waals surface area contributed by atoms with Gasteiger partial charge in [0, 0.05) is 16.8 Å². The highest BCUT2D eigenvalue weighted by atomic mass is 35.5. The average Bonchev–Trinajstić information content (AvgIpc) is 2.82. The predicted molar refractivity (Wildman–Crippen MR) is 90.7 cm³/mol. The number of hydrogen-bond donors (Lipinski definition) is 1. The second-order valence-electron chi connectivity index (χ2n) is 5.29. The molecule has 0 saturated heterocycles. The van der Waals surface area contributed by atoms with Gasteiger partial charge in [0.1, 0.15) is 5.82 Å². The number of rotatable bonds is 5. The number of amides is 1. The molecule has 7 heteroatoms. The minimum Gasteiger partial charge on any atom is -0.325 e. The number of benzene rings is 1. The third-order valence-corrected chi connectivity index (χ3v) is 4.34. The van der Waals surface area contributed by atoms with Crippen molar-refractivity contribution in [1.29, 1.82) is 0 Å². The van der Waals surface area contributed by atoms with Gasteiger partial charge in [-0.25, -0.2) is 0 Å². The number of nitrogens with one attached hydrogen (secondary N) is 1. The van der Waals surface area contributed by atoms with E-state index in [1.807, 2.05) is 24.5 Å². The molecule has 0 aliphatic rings. The molecule has 0 bridgehead atoms. The van der Waals surface area contributed by atoms with Gasteiger partial charge < -0.3 is 9.88 Å². The van der Waals surface area contributed by atoms with Crippen molar-refractivity contribution < 1.29 is 4.79 Å². The summed E-state index contributed by atoms with van der Waals surface area (Å²) in [5, 5.41) is 12.4. The Morgan fingerprint density at radius 2 is 2.09 bits per heavy atom. The molecule has 0 saturated carbocycles. The number of aryl methyl sites for hydroxylation is 2. The van der Waals surface area contributed by atoms with Crippen LogP contribution in [0.3, 0.4) is 0 Å². The number of aromatic nitrogens is 3. The number of hydrogen-bond acceptors (Lipinski definition) is 4. The van der Waals surface area contributed by atoms with Gasteiger partial charge in [0.15, 0.2) is 5.16 Å². The van der Waals surface area contributed by atoms with E-state index in [0.717, 1.165) is 22.2 Å². The lowest BCUT2D eigenvalue weighted by Crippen LogP contribution is -2.15. The summed E-state index contributed by atoms with van der Waals surface area (Å²) >= 11 is 7.33. The Morgan fingerprint density at radius 3 is 2.77 bits per heavy atom. The van der Waals surface area contributed by atoms with Crippen LogP contribution in [0.25, 0.3) is 0 Å². The molecule has 118 valence electrons. The molecule has 1 aromatic heterocycles. The third kappa shape index (κ3) is 4.01. The topological polar surface area (TPSA) is 59.8 Å². The number of nitrogens with zero attached hydrogens (tertiary/aromatic N) is 3. The molecule has 1 N–H and O–H groups in total. The fourth-order valence-corrected chi connectivity index (χ4v) is 3.17. The number of halogens is 1. The van der Waals surface area contributed by atoms with Crippen LogP contribution in [0.4, 0.5) is 5.69 Å². The lowest BCUT2D eigenvalue weighted by atomic mass is 10.2. The minimum absolute atomic E-state index is 0.0914. The molecular formula is C15H19ClN4OS. The number of carbonyl (C=O) groups excluding carboxylic acids is 1. The summed E-state index contributed by atoms with van der Waals surface area (Å²) in [4.78, 5) is 12.1. The SMILES string of the molecule is Cc1ccc(Cl)cc1NC(=O)CSc1nnc(C)n1C(C)C. The van der Waals surface area contributed by atoms with Crippen LogP contribution in [0.15, 0.2) is 23.4 Å². The van der Waals surface area contributed by atoms with E-state index in [9.17, 15) is 4.79 Å². The zero-order chi connectivity index (χ0) is 16.3. The first-order chi connectivity index (χ1) is 10.4. The fourth-order valence-electron chi connectivity index (χ4n) is 2.09. The molecule has 0 spiro atoms. The van der Waals surface area contributed by atoms with Gasteiger partial charge in [-0.15, -0.1) is 10.2 Å². The Morgan fingerprint density at radius 1 is 1.36 bits per heavy atom. The van der Waals surface area contributed by atoms with Crippen molar-refractivity contribution >= 4 is 35.0 Å². The Hall–Kier alpha value is -1.53. The van der Waals surface area contributed by atoms with Gasteiger partial charge in [-0.2, -0.15) is 0 Å². The van der Waals surface area contributed by atoms with E-state index in [4.69, 9.17) is 11.6 Å². The third-order valence-electron chi connectivity index (χ3n) is 3.16. The molecule has 0 radical (unpaired) electrons. The first kappa shape index (κ1) is 16.8. The van der Waals surface area contributed by atoms with Crippen molar-refractivity contribution in [1.82, 2.24) is 14.8 Å². The molecule has 22 heavy (non-hydrogen) atoms. The fraction of sp³-hybridized carbons (Fsp3) is 0.400. The highest BCUT2D eigenvalue weighted by Gasteiger charge is 2.14. The molecule has 2 rings (SSSR count). The maximum atomic E-state index is 12.1. The van der Waals surface area contributed by atoms with Gasteiger partial charge in [-0.05, 0) is 45.4 Å². The van der Waals surface area contributed by atoms with Crippen LogP contribution in [0.1, 0.15) is 31.3 Å². The highest BCUT2D eigenvalue weighted by molar-refractivity contribution is 7.99.